The zero-order valence-corrected chi connectivity index (χ0v) is 20.1. The lowest BCUT2D eigenvalue weighted by atomic mass is 10.1. The van der Waals surface area contributed by atoms with Crippen molar-refractivity contribution in [3.05, 3.63) is 63.1 Å². The van der Waals surface area contributed by atoms with Gasteiger partial charge in [0.1, 0.15) is 11.8 Å². The molecule has 0 aliphatic rings. The SMILES string of the molecule is Cc1ccccc1CN(C(=O)COc1ccc(Br)cc1Cl)[C@H](C)C(=O)NCC(C)C. The van der Waals surface area contributed by atoms with Crippen molar-refractivity contribution < 1.29 is 14.3 Å². The molecule has 30 heavy (non-hydrogen) atoms. The molecule has 0 fully saturated rings. The van der Waals surface area contributed by atoms with Crippen molar-refractivity contribution in [1.29, 1.82) is 0 Å². The molecular formula is C23H28BrClN2O3. The summed E-state index contributed by atoms with van der Waals surface area (Å²) in [5, 5.41) is 3.31. The fraction of sp³-hybridized carbons (Fsp3) is 0.391. The molecule has 1 atom stereocenters. The van der Waals surface area contributed by atoms with Gasteiger partial charge in [-0.05, 0) is 49.1 Å². The maximum Gasteiger partial charge on any atom is 0.261 e. The van der Waals surface area contributed by atoms with Crippen LogP contribution in [0.3, 0.4) is 0 Å². The Labute approximate surface area is 191 Å². The van der Waals surface area contributed by atoms with Crippen LogP contribution in [0.15, 0.2) is 46.9 Å². The highest BCUT2D eigenvalue weighted by atomic mass is 79.9. The average Bonchev–Trinajstić information content (AvgIpc) is 2.70. The largest absolute Gasteiger partial charge is 0.482 e. The van der Waals surface area contributed by atoms with Crippen molar-refractivity contribution in [1.82, 2.24) is 10.2 Å². The highest BCUT2D eigenvalue weighted by molar-refractivity contribution is 9.10. The first-order valence-corrected chi connectivity index (χ1v) is 11.1. The number of carbonyl (C=O) groups is 2. The molecule has 1 N–H and O–H groups in total. The summed E-state index contributed by atoms with van der Waals surface area (Å²) in [4.78, 5) is 27.3. The van der Waals surface area contributed by atoms with Crippen LogP contribution in [0.1, 0.15) is 31.9 Å². The van der Waals surface area contributed by atoms with Gasteiger partial charge in [-0.2, -0.15) is 0 Å². The minimum Gasteiger partial charge on any atom is -0.482 e. The third-order valence-corrected chi connectivity index (χ3v) is 5.49. The predicted molar refractivity (Wildman–Crippen MR) is 124 cm³/mol. The van der Waals surface area contributed by atoms with Crippen LogP contribution in [0, 0.1) is 12.8 Å². The van der Waals surface area contributed by atoms with Gasteiger partial charge < -0.3 is 15.0 Å². The van der Waals surface area contributed by atoms with Crippen LogP contribution in [-0.2, 0) is 16.1 Å². The van der Waals surface area contributed by atoms with E-state index in [4.69, 9.17) is 16.3 Å². The zero-order valence-electron chi connectivity index (χ0n) is 17.7. The summed E-state index contributed by atoms with van der Waals surface area (Å²) in [6.45, 7) is 8.43. The van der Waals surface area contributed by atoms with E-state index in [9.17, 15) is 9.59 Å². The Bertz CT molecular complexity index is 889. The first-order valence-electron chi connectivity index (χ1n) is 9.88. The lowest BCUT2D eigenvalue weighted by Gasteiger charge is -2.29. The summed E-state index contributed by atoms with van der Waals surface area (Å²) in [6, 6.07) is 12.4. The predicted octanol–water partition coefficient (Wildman–Crippen LogP) is 4.98. The van der Waals surface area contributed by atoms with Crippen LogP contribution in [-0.4, -0.2) is 35.9 Å². The van der Waals surface area contributed by atoms with Gasteiger partial charge in [0.05, 0.1) is 5.02 Å². The van der Waals surface area contributed by atoms with Crippen molar-refractivity contribution in [3.8, 4) is 5.75 Å². The first kappa shape index (κ1) is 24.2. The van der Waals surface area contributed by atoms with E-state index in [-0.39, 0.29) is 18.4 Å². The van der Waals surface area contributed by atoms with Crippen molar-refractivity contribution in [2.75, 3.05) is 13.2 Å². The van der Waals surface area contributed by atoms with Gasteiger partial charge >= 0.3 is 0 Å². The summed E-state index contributed by atoms with van der Waals surface area (Å²) >= 11 is 9.53. The molecule has 5 nitrogen and oxygen atoms in total. The van der Waals surface area contributed by atoms with Gasteiger partial charge in [-0.25, -0.2) is 0 Å². The Morgan fingerprint density at radius 2 is 1.87 bits per heavy atom. The molecule has 2 amide bonds. The Balaban J connectivity index is 2.17. The summed E-state index contributed by atoms with van der Waals surface area (Å²) in [5.74, 6) is 0.266. The molecule has 0 saturated heterocycles. The topological polar surface area (TPSA) is 58.6 Å². The number of ether oxygens (including phenoxy) is 1. The Morgan fingerprint density at radius 3 is 2.50 bits per heavy atom. The van der Waals surface area contributed by atoms with Gasteiger partial charge in [0, 0.05) is 17.6 Å². The monoisotopic (exact) mass is 494 g/mol. The number of amides is 2. The average molecular weight is 496 g/mol. The Morgan fingerprint density at radius 1 is 1.17 bits per heavy atom. The normalized spacial score (nSPS) is 11.8. The molecule has 2 rings (SSSR count). The number of halogens is 2. The van der Waals surface area contributed by atoms with E-state index in [2.05, 4.69) is 21.2 Å². The highest BCUT2D eigenvalue weighted by Gasteiger charge is 2.27. The van der Waals surface area contributed by atoms with E-state index in [1.807, 2.05) is 45.0 Å². The Hall–Kier alpha value is -2.05. The third kappa shape index (κ3) is 7.03. The molecule has 0 unspecified atom stereocenters. The number of carbonyl (C=O) groups excluding carboxylic acids is 2. The number of hydrogen-bond acceptors (Lipinski definition) is 3. The number of benzene rings is 2. The van der Waals surface area contributed by atoms with E-state index in [0.717, 1.165) is 15.6 Å². The summed E-state index contributed by atoms with van der Waals surface area (Å²) in [5.41, 5.74) is 2.04. The second-order valence-electron chi connectivity index (χ2n) is 7.63. The number of nitrogens with one attached hydrogen (secondary N) is 1. The van der Waals surface area contributed by atoms with E-state index in [1.165, 1.54) is 0 Å². The second kappa shape index (κ2) is 11.4. The van der Waals surface area contributed by atoms with E-state index in [0.29, 0.717) is 29.8 Å². The van der Waals surface area contributed by atoms with Gasteiger partial charge in [-0.15, -0.1) is 0 Å². The molecule has 162 valence electrons. The summed E-state index contributed by atoms with van der Waals surface area (Å²) in [7, 11) is 0. The van der Waals surface area contributed by atoms with Crippen LogP contribution in [0.2, 0.25) is 5.02 Å². The number of hydrogen-bond donors (Lipinski definition) is 1. The molecule has 0 aliphatic heterocycles. The maximum atomic E-state index is 13.1. The lowest BCUT2D eigenvalue weighted by molar-refractivity contribution is -0.142. The smallest absolute Gasteiger partial charge is 0.261 e. The molecule has 2 aromatic rings. The highest BCUT2D eigenvalue weighted by Crippen LogP contribution is 2.27. The quantitative estimate of drug-likeness (QED) is 0.534. The molecule has 7 heteroatoms. The fourth-order valence-corrected chi connectivity index (χ4v) is 3.55. The molecule has 0 aliphatic carbocycles. The molecule has 0 radical (unpaired) electrons. The number of nitrogens with zero attached hydrogens (tertiary/aromatic N) is 1. The van der Waals surface area contributed by atoms with Crippen molar-refractivity contribution in [2.24, 2.45) is 5.92 Å². The van der Waals surface area contributed by atoms with Gasteiger partial charge in [0.15, 0.2) is 6.61 Å². The molecule has 2 aromatic carbocycles. The van der Waals surface area contributed by atoms with E-state index < -0.39 is 6.04 Å². The van der Waals surface area contributed by atoms with Crippen molar-refractivity contribution in [2.45, 2.75) is 40.3 Å². The molecule has 0 saturated carbocycles. The molecule has 0 bridgehead atoms. The van der Waals surface area contributed by atoms with Crippen molar-refractivity contribution >= 4 is 39.3 Å². The summed E-state index contributed by atoms with van der Waals surface area (Å²) in [6.07, 6.45) is 0. The number of aryl methyl sites for hydroxylation is 1. The van der Waals surface area contributed by atoms with Gasteiger partial charge in [-0.1, -0.05) is 65.6 Å². The van der Waals surface area contributed by atoms with Crippen LogP contribution in [0.5, 0.6) is 5.75 Å². The fourth-order valence-electron chi connectivity index (χ4n) is 2.82. The number of rotatable bonds is 9. The maximum absolute atomic E-state index is 13.1. The van der Waals surface area contributed by atoms with E-state index in [1.54, 1.807) is 30.0 Å². The van der Waals surface area contributed by atoms with E-state index >= 15 is 0 Å². The first-order chi connectivity index (χ1) is 14.2. The van der Waals surface area contributed by atoms with Crippen LogP contribution >= 0.6 is 27.5 Å². The lowest BCUT2D eigenvalue weighted by Crippen LogP contribution is -2.49. The second-order valence-corrected chi connectivity index (χ2v) is 8.95. The van der Waals surface area contributed by atoms with Gasteiger partial charge in [0.2, 0.25) is 5.91 Å². The van der Waals surface area contributed by atoms with Crippen LogP contribution < -0.4 is 10.1 Å². The summed E-state index contributed by atoms with van der Waals surface area (Å²) < 4.78 is 6.48. The Kier molecular flexibility index (Phi) is 9.18. The standard InChI is InChI=1S/C23H28BrClN2O3/c1-15(2)12-26-23(29)17(4)27(13-18-8-6-5-7-16(18)3)22(28)14-30-21-10-9-19(24)11-20(21)25/h5-11,15,17H,12-14H2,1-4H3,(H,26,29)/t17-/m1/s1. The minimum atomic E-state index is -0.639. The van der Waals surface area contributed by atoms with Crippen LogP contribution in [0.4, 0.5) is 0 Å². The van der Waals surface area contributed by atoms with Gasteiger partial charge in [-0.3, -0.25) is 9.59 Å². The molecular weight excluding hydrogens is 468 g/mol. The van der Waals surface area contributed by atoms with Crippen molar-refractivity contribution in [3.63, 3.8) is 0 Å². The molecule has 0 spiro atoms. The van der Waals surface area contributed by atoms with Crippen LogP contribution in [0.25, 0.3) is 0 Å². The zero-order chi connectivity index (χ0) is 22.3. The molecule has 0 heterocycles. The minimum absolute atomic E-state index is 0.188. The van der Waals surface area contributed by atoms with Gasteiger partial charge in [0.25, 0.3) is 5.91 Å². The molecule has 0 aromatic heterocycles. The third-order valence-electron chi connectivity index (χ3n) is 4.70.